The Labute approximate surface area is 172 Å². The number of fused-ring (bicyclic) bond motifs is 2. The molecule has 1 fully saturated rings. The number of aromatic nitrogens is 5. The first-order valence-electron chi connectivity index (χ1n) is 10.0. The third kappa shape index (κ3) is 2.83. The SMILES string of the molecule is Fc1ccc2ncnc(N3CCc4ncc(-c5ccnn5C5COC5)cc4C3)c2c1. The average molecular weight is 402 g/mol. The second-order valence-electron chi connectivity index (χ2n) is 7.71. The molecule has 6 rings (SSSR count). The van der Waals surface area contributed by atoms with Gasteiger partial charge < -0.3 is 9.64 Å². The van der Waals surface area contributed by atoms with Gasteiger partial charge >= 0.3 is 0 Å². The van der Waals surface area contributed by atoms with Gasteiger partial charge in [0, 0.05) is 48.5 Å². The van der Waals surface area contributed by atoms with Crippen LogP contribution in [0.25, 0.3) is 22.2 Å². The first-order valence-corrected chi connectivity index (χ1v) is 10.0. The Morgan fingerprint density at radius 2 is 2.00 bits per heavy atom. The van der Waals surface area contributed by atoms with Crippen molar-refractivity contribution in [3.8, 4) is 11.3 Å². The zero-order valence-electron chi connectivity index (χ0n) is 16.2. The standard InChI is InChI=1S/C22H19FN6O/c23-16-1-2-20-18(8-16)22(26-13-25-20)28-6-4-19-15(10-28)7-14(9-24-19)21-3-5-27-29(21)17-11-30-12-17/h1-3,5,7-9,13,17H,4,6,10-12H2. The molecule has 8 heteroatoms. The molecule has 0 saturated carbocycles. The van der Waals surface area contributed by atoms with Crippen molar-refractivity contribution in [3.63, 3.8) is 0 Å². The molecule has 0 unspecified atom stereocenters. The van der Waals surface area contributed by atoms with Crippen LogP contribution in [0.1, 0.15) is 17.3 Å². The first kappa shape index (κ1) is 17.5. The minimum absolute atomic E-state index is 0.282. The van der Waals surface area contributed by atoms with Crippen LogP contribution in [0, 0.1) is 5.82 Å². The molecule has 2 aliphatic heterocycles. The Bertz CT molecular complexity index is 1250. The summed E-state index contributed by atoms with van der Waals surface area (Å²) in [5.74, 6) is 0.473. The van der Waals surface area contributed by atoms with E-state index in [0.29, 0.717) is 19.8 Å². The van der Waals surface area contributed by atoms with Crippen molar-refractivity contribution < 1.29 is 9.13 Å². The fraction of sp³-hybridized carbons (Fsp3) is 0.273. The molecular weight excluding hydrogens is 383 g/mol. The number of rotatable bonds is 3. The number of hydrogen-bond donors (Lipinski definition) is 0. The van der Waals surface area contributed by atoms with Gasteiger partial charge in [-0.2, -0.15) is 5.10 Å². The van der Waals surface area contributed by atoms with Gasteiger partial charge in [0.25, 0.3) is 0 Å². The lowest BCUT2D eigenvalue weighted by Crippen LogP contribution is -2.32. The molecular formula is C22H19FN6O. The van der Waals surface area contributed by atoms with Crippen LogP contribution in [-0.2, 0) is 17.7 Å². The van der Waals surface area contributed by atoms with Crippen molar-refractivity contribution in [2.24, 2.45) is 0 Å². The maximum atomic E-state index is 13.9. The number of benzene rings is 1. The monoisotopic (exact) mass is 402 g/mol. The van der Waals surface area contributed by atoms with Gasteiger partial charge in [-0.1, -0.05) is 0 Å². The highest BCUT2D eigenvalue weighted by Gasteiger charge is 2.25. The molecule has 1 saturated heterocycles. The molecule has 2 aliphatic rings. The van der Waals surface area contributed by atoms with Crippen molar-refractivity contribution in [3.05, 3.63) is 66.1 Å². The molecule has 3 aromatic heterocycles. The fourth-order valence-corrected chi connectivity index (χ4v) is 4.21. The van der Waals surface area contributed by atoms with Crippen molar-refractivity contribution in [2.45, 2.75) is 19.0 Å². The lowest BCUT2D eigenvalue weighted by atomic mass is 10.0. The van der Waals surface area contributed by atoms with Gasteiger partial charge in [0.1, 0.15) is 18.0 Å². The Hall–Kier alpha value is -3.39. The van der Waals surface area contributed by atoms with E-state index in [9.17, 15) is 4.39 Å². The van der Waals surface area contributed by atoms with E-state index in [1.54, 1.807) is 12.4 Å². The molecule has 0 N–H and O–H groups in total. The van der Waals surface area contributed by atoms with Crippen LogP contribution in [0.4, 0.5) is 10.2 Å². The van der Waals surface area contributed by atoms with E-state index in [1.165, 1.54) is 12.1 Å². The molecule has 7 nitrogen and oxygen atoms in total. The number of anilines is 1. The van der Waals surface area contributed by atoms with E-state index >= 15 is 0 Å². The molecule has 0 spiro atoms. The summed E-state index contributed by atoms with van der Waals surface area (Å²) in [6.45, 7) is 2.83. The van der Waals surface area contributed by atoms with Crippen LogP contribution in [0.15, 0.2) is 49.1 Å². The fourth-order valence-electron chi connectivity index (χ4n) is 4.21. The van der Waals surface area contributed by atoms with Crippen molar-refractivity contribution in [1.29, 1.82) is 0 Å². The van der Waals surface area contributed by atoms with Gasteiger partial charge in [-0.15, -0.1) is 0 Å². The van der Waals surface area contributed by atoms with Gasteiger partial charge in [-0.05, 0) is 35.9 Å². The Balaban J connectivity index is 1.36. The zero-order valence-corrected chi connectivity index (χ0v) is 16.2. The Morgan fingerprint density at radius 1 is 1.07 bits per heavy atom. The number of nitrogens with zero attached hydrogens (tertiary/aromatic N) is 6. The summed E-state index contributed by atoms with van der Waals surface area (Å²) in [6, 6.07) is 9.11. The molecule has 0 atom stereocenters. The number of halogens is 1. The summed E-state index contributed by atoms with van der Waals surface area (Å²) in [7, 11) is 0. The van der Waals surface area contributed by atoms with E-state index in [-0.39, 0.29) is 11.9 Å². The Kier molecular flexibility index (Phi) is 3.98. The van der Waals surface area contributed by atoms with Crippen molar-refractivity contribution in [1.82, 2.24) is 24.7 Å². The molecule has 5 heterocycles. The van der Waals surface area contributed by atoms with Gasteiger partial charge in [-0.25, -0.2) is 14.4 Å². The van der Waals surface area contributed by atoms with E-state index in [0.717, 1.165) is 52.2 Å². The molecule has 1 aromatic carbocycles. The van der Waals surface area contributed by atoms with E-state index in [4.69, 9.17) is 9.72 Å². The average Bonchev–Trinajstić information content (AvgIpc) is 3.20. The highest BCUT2D eigenvalue weighted by molar-refractivity contribution is 5.89. The van der Waals surface area contributed by atoms with E-state index < -0.39 is 0 Å². The summed E-state index contributed by atoms with van der Waals surface area (Å²) in [6.07, 6.45) is 6.10. The van der Waals surface area contributed by atoms with Gasteiger partial charge in [0.15, 0.2) is 0 Å². The van der Waals surface area contributed by atoms with Crippen LogP contribution in [0.2, 0.25) is 0 Å². The second-order valence-corrected chi connectivity index (χ2v) is 7.71. The molecule has 30 heavy (non-hydrogen) atoms. The topological polar surface area (TPSA) is 69.0 Å². The number of ether oxygens (including phenoxy) is 1. The Morgan fingerprint density at radius 3 is 2.87 bits per heavy atom. The minimum atomic E-state index is -0.284. The van der Waals surface area contributed by atoms with Gasteiger partial charge in [0.05, 0.1) is 30.5 Å². The predicted molar refractivity (Wildman–Crippen MR) is 110 cm³/mol. The molecule has 0 aliphatic carbocycles. The highest BCUT2D eigenvalue weighted by atomic mass is 19.1. The van der Waals surface area contributed by atoms with Crippen LogP contribution in [0.5, 0.6) is 0 Å². The summed E-state index contributed by atoms with van der Waals surface area (Å²) < 4.78 is 21.2. The maximum Gasteiger partial charge on any atom is 0.140 e. The van der Waals surface area contributed by atoms with E-state index in [2.05, 4.69) is 26.0 Å². The quantitative estimate of drug-likeness (QED) is 0.524. The summed E-state index contributed by atoms with van der Waals surface area (Å²) >= 11 is 0. The van der Waals surface area contributed by atoms with Crippen LogP contribution < -0.4 is 4.90 Å². The maximum absolute atomic E-state index is 13.9. The third-order valence-corrected chi connectivity index (χ3v) is 5.85. The highest BCUT2D eigenvalue weighted by Crippen LogP contribution is 2.31. The van der Waals surface area contributed by atoms with Crippen molar-refractivity contribution >= 4 is 16.7 Å². The molecule has 0 radical (unpaired) electrons. The summed E-state index contributed by atoms with van der Waals surface area (Å²) in [4.78, 5) is 15.7. The minimum Gasteiger partial charge on any atom is -0.377 e. The summed E-state index contributed by atoms with van der Waals surface area (Å²) in [5.41, 5.74) is 5.08. The number of pyridine rings is 1. The first-order chi connectivity index (χ1) is 14.8. The number of hydrogen-bond acceptors (Lipinski definition) is 6. The molecule has 0 bridgehead atoms. The van der Waals surface area contributed by atoms with Crippen LogP contribution in [0.3, 0.4) is 0 Å². The summed E-state index contributed by atoms with van der Waals surface area (Å²) in [5, 5.41) is 5.21. The van der Waals surface area contributed by atoms with Gasteiger partial charge in [-0.3, -0.25) is 9.67 Å². The van der Waals surface area contributed by atoms with E-state index in [1.807, 2.05) is 23.1 Å². The van der Waals surface area contributed by atoms with Crippen LogP contribution in [-0.4, -0.2) is 44.5 Å². The largest absolute Gasteiger partial charge is 0.377 e. The normalized spacial score (nSPS) is 16.5. The third-order valence-electron chi connectivity index (χ3n) is 5.85. The molecule has 0 amide bonds. The van der Waals surface area contributed by atoms with Crippen molar-refractivity contribution in [2.75, 3.05) is 24.7 Å². The van der Waals surface area contributed by atoms with Gasteiger partial charge in [0.2, 0.25) is 0 Å². The zero-order chi connectivity index (χ0) is 20.1. The second kappa shape index (κ2) is 6.84. The predicted octanol–water partition coefficient (Wildman–Crippen LogP) is 3.16. The lowest BCUT2D eigenvalue weighted by molar-refractivity contribution is -0.0278. The lowest BCUT2D eigenvalue weighted by Gasteiger charge is -2.30. The molecule has 4 aromatic rings. The smallest absolute Gasteiger partial charge is 0.140 e. The van der Waals surface area contributed by atoms with Crippen LogP contribution >= 0.6 is 0 Å². The molecule has 150 valence electrons.